The van der Waals surface area contributed by atoms with E-state index in [9.17, 15) is 4.39 Å². The van der Waals surface area contributed by atoms with Gasteiger partial charge in [-0.1, -0.05) is 0 Å². The average Bonchev–Trinajstić information content (AvgIpc) is 1.93. The van der Waals surface area contributed by atoms with Gasteiger partial charge in [-0.05, 0) is 28.1 Å². The van der Waals surface area contributed by atoms with Crippen molar-refractivity contribution in [1.82, 2.24) is 0 Å². The summed E-state index contributed by atoms with van der Waals surface area (Å²) < 4.78 is 12.6. The normalized spacial score (nSPS) is 9.80. The van der Waals surface area contributed by atoms with Crippen LogP contribution in [0.4, 0.5) is 10.1 Å². The minimum Gasteiger partial charge on any atom is -0.504 e. The lowest BCUT2D eigenvalue weighted by Crippen LogP contribution is -1.87. The van der Waals surface area contributed by atoms with E-state index in [0.717, 1.165) is 6.07 Å². The van der Waals surface area contributed by atoms with Gasteiger partial charge in [0.1, 0.15) is 0 Å². The molecular formula is C6H5BrFNO. The van der Waals surface area contributed by atoms with Crippen molar-refractivity contribution < 1.29 is 9.50 Å². The summed E-state index contributed by atoms with van der Waals surface area (Å²) in [7, 11) is 0. The lowest BCUT2D eigenvalue weighted by molar-refractivity contribution is 0.429. The zero-order valence-electron chi connectivity index (χ0n) is 4.94. The fraction of sp³-hybridized carbons (Fsp3) is 0. The molecule has 1 aromatic carbocycles. The zero-order valence-corrected chi connectivity index (χ0v) is 6.52. The van der Waals surface area contributed by atoms with E-state index in [1.54, 1.807) is 0 Å². The monoisotopic (exact) mass is 205 g/mol. The molecular weight excluding hydrogens is 201 g/mol. The van der Waals surface area contributed by atoms with Crippen LogP contribution >= 0.6 is 15.9 Å². The van der Waals surface area contributed by atoms with Crippen molar-refractivity contribution in [2.75, 3.05) is 5.73 Å². The third kappa shape index (κ3) is 1.07. The Balaban J connectivity index is 3.34. The van der Waals surface area contributed by atoms with Gasteiger partial charge in [0.25, 0.3) is 0 Å². The number of benzene rings is 1. The second-order valence-corrected chi connectivity index (χ2v) is 2.59. The number of rotatable bonds is 0. The van der Waals surface area contributed by atoms with Crippen LogP contribution in [0.2, 0.25) is 0 Å². The van der Waals surface area contributed by atoms with E-state index in [-0.39, 0.29) is 4.47 Å². The van der Waals surface area contributed by atoms with Gasteiger partial charge in [-0.3, -0.25) is 0 Å². The molecule has 0 heterocycles. The SMILES string of the molecule is Nc1ccc(F)c(O)c1Br. The molecule has 0 bridgehead atoms. The lowest BCUT2D eigenvalue weighted by atomic mass is 10.3. The highest BCUT2D eigenvalue weighted by Gasteiger charge is 2.06. The maximum Gasteiger partial charge on any atom is 0.167 e. The quantitative estimate of drug-likeness (QED) is 0.636. The predicted molar refractivity (Wildman–Crippen MR) is 40.2 cm³/mol. The van der Waals surface area contributed by atoms with Gasteiger partial charge in [0.05, 0.1) is 4.47 Å². The van der Waals surface area contributed by atoms with Crippen LogP contribution < -0.4 is 5.73 Å². The minimum absolute atomic E-state index is 0.201. The van der Waals surface area contributed by atoms with Crippen molar-refractivity contribution in [2.24, 2.45) is 0 Å². The number of anilines is 1. The maximum absolute atomic E-state index is 12.4. The molecule has 3 N–H and O–H groups in total. The first-order valence-corrected chi connectivity index (χ1v) is 3.34. The Morgan fingerprint density at radius 2 is 2.10 bits per heavy atom. The summed E-state index contributed by atoms with van der Waals surface area (Å²) in [4.78, 5) is 0. The fourth-order valence-electron chi connectivity index (χ4n) is 0.557. The number of phenolic OH excluding ortho intramolecular Hbond substituents is 1. The van der Waals surface area contributed by atoms with Crippen molar-refractivity contribution in [2.45, 2.75) is 0 Å². The summed E-state index contributed by atoms with van der Waals surface area (Å²) in [6.45, 7) is 0. The van der Waals surface area contributed by atoms with Crippen LogP contribution in [0.25, 0.3) is 0 Å². The molecule has 2 nitrogen and oxygen atoms in total. The first-order chi connectivity index (χ1) is 4.63. The Labute approximate surface area is 65.6 Å². The van der Waals surface area contributed by atoms with Crippen LogP contribution in [0, 0.1) is 5.82 Å². The van der Waals surface area contributed by atoms with Crippen LogP contribution in [0.3, 0.4) is 0 Å². The second-order valence-electron chi connectivity index (χ2n) is 1.80. The molecule has 1 rings (SSSR count). The smallest absolute Gasteiger partial charge is 0.167 e. The van der Waals surface area contributed by atoms with Crippen LogP contribution in [-0.2, 0) is 0 Å². The van der Waals surface area contributed by atoms with E-state index in [2.05, 4.69) is 15.9 Å². The minimum atomic E-state index is -0.680. The van der Waals surface area contributed by atoms with Crippen molar-refractivity contribution in [1.29, 1.82) is 0 Å². The van der Waals surface area contributed by atoms with Gasteiger partial charge in [0, 0.05) is 5.69 Å². The largest absolute Gasteiger partial charge is 0.504 e. The maximum atomic E-state index is 12.4. The molecule has 0 amide bonds. The molecule has 0 fully saturated rings. The predicted octanol–water partition coefficient (Wildman–Crippen LogP) is 1.88. The van der Waals surface area contributed by atoms with E-state index >= 15 is 0 Å². The lowest BCUT2D eigenvalue weighted by Gasteiger charge is -2.00. The van der Waals surface area contributed by atoms with Gasteiger partial charge in [-0.25, -0.2) is 4.39 Å². The Bertz CT molecular complexity index is 237. The van der Waals surface area contributed by atoms with Gasteiger partial charge < -0.3 is 10.8 Å². The molecule has 0 aliphatic rings. The Morgan fingerprint density at radius 1 is 1.50 bits per heavy atom. The number of halogens is 2. The van der Waals surface area contributed by atoms with Gasteiger partial charge in [0.2, 0.25) is 0 Å². The third-order valence-electron chi connectivity index (χ3n) is 1.10. The summed E-state index contributed by atoms with van der Waals surface area (Å²) in [6, 6.07) is 2.48. The molecule has 0 saturated heterocycles. The molecule has 0 radical (unpaired) electrons. The highest BCUT2D eigenvalue weighted by Crippen LogP contribution is 2.31. The fourth-order valence-corrected chi connectivity index (χ4v) is 0.878. The van der Waals surface area contributed by atoms with E-state index in [0.29, 0.717) is 5.69 Å². The average molecular weight is 206 g/mol. The summed E-state index contributed by atoms with van der Waals surface area (Å²) >= 11 is 2.91. The summed E-state index contributed by atoms with van der Waals surface area (Å²) in [5, 5.41) is 8.89. The van der Waals surface area contributed by atoms with Crippen molar-refractivity contribution in [3.63, 3.8) is 0 Å². The third-order valence-corrected chi connectivity index (χ3v) is 1.93. The Morgan fingerprint density at radius 3 is 2.60 bits per heavy atom. The summed E-state index contributed by atoms with van der Waals surface area (Å²) in [5.41, 5.74) is 5.63. The number of nitrogen functional groups attached to an aromatic ring is 1. The topological polar surface area (TPSA) is 46.2 Å². The number of phenols is 1. The van der Waals surface area contributed by atoms with E-state index in [4.69, 9.17) is 10.8 Å². The van der Waals surface area contributed by atoms with Gasteiger partial charge in [0.15, 0.2) is 11.6 Å². The summed E-state index contributed by atoms with van der Waals surface area (Å²) in [6.07, 6.45) is 0. The van der Waals surface area contributed by atoms with Crippen LogP contribution in [0.1, 0.15) is 0 Å². The molecule has 0 aliphatic carbocycles. The first kappa shape index (κ1) is 7.34. The Kier molecular flexibility index (Phi) is 1.80. The first-order valence-electron chi connectivity index (χ1n) is 2.55. The Hall–Kier alpha value is -0.770. The summed E-state index contributed by atoms with van der Waals surface area (Å²) in [5.74, 6) is -1.12. The van der Waals surface area contributed by atoms with Crippen molar-refractivity contribution >= 4 is 21.6 Å². The zero-order chi connectivity index (χ0) is 7.72. The molecule has 4 heteroatoms. The van der Waals surface area contributed by atoms with Gasteiger partial charge in [-0.15, -0.1) is 0 Å². The number of hydrogen-bond donors (Lipinski definition) is 2. The van der Waals surface area contributed by atoms with E-state index < -0.39 is 11.6 Å². The van der Waals surface area contributed by atoms with Crippen LogP contribution in [0.15, 0.2) is 16.6 Å². The highest BCUT2D eigenvalue weighted by atomic mass is 79.9. The molecule has 0 spiro atoms. The molecule has 0 unspecified atom stereocenters. The van der Waals surface area contributed by atoms with Gasteiger partial charge in [-0.2, -0.15) is 0 Å². The second kappa shape index (κ2) is 2.46. The standard InChI is InChI=1S/C6H5BrFNO/c7-5-4(9)2-1-3(8)6(5)10/h1-2,10H,9H2. The van der Waals surface area contributed by atoms with Crippen molar-refractivity contribution in [3.05, 3.63) is 22.4 Å². The molecule has 54 valence electrons. The van der Waals surface area contributed by atoms with Gasteiger partial charge >= 0.3 is 0 Å². The molecule has 0 saturated carbocycles. The molecule has 0 atom stereocenters. The number of aromatic hydroxyl groups is 1. The molecule has 0 aromatic heterocycles. The molecule has 1 aromatic rings. The van der Waals surface area contributed by atoms with Crippen LogP contribution in [0.5, 0.6) is 5.75 Å². The van der Waals surface area contributed by atoms with E-state index in [1.807, 2.05) is 0 Å². The highest BCUT2D eigenvalue weighted by molar-refractivity contribution is 9.10. The molecule has 10 heavy (non-hydrogen) atoms. The molecule has 0 aliphatic heterocycles. The van der Waals surface area contributed by atoms with E-state index in [1.165, 1.54) is 6.07 Å². The van der Waals surface area contributed by atoms with Crippen molar-refractivity contribution in [3.8, 4) is 5.75 Å². The van der Waals surface area contributed by atoms with Crippen LogP contribution in [-0.4, -0.2) is 5.11 Å². The number of hydrogen-bond acceptors (Lipinski definition) is 2. The number of nitrogens with two attached hydrogens (primary N) is 1.